The van der Waals surface area contributed by atoms with Crippen LogP contribution >= 0.6 is 118 Å². The molecule has 0 fully saturated rings. The highest BCUT2D eigenvalue weighted by Gasteiger charge is 2.20. The van der Waals surface area contributed by atoms with Crippen molar-refractivity contribution in [3.05, 3.63) is 251 Å². The van der Waals surface area contributed by atoms with Crippen LogP contribution in [0.2, 0.25) is 0 Å². The molecule has 0 radical (unpaired) electrons. The third-order valence-corrected chi connectivity index (χ3v) is 26.9. The highest BCUT2D eigenvalue weighted by atomic mass is 127. The molecule has 9 heteroatoms. The molecule has 0 saturated carbocycles. The molecule has 0 aliphatic carbocycles. The maximum absolute atomic E-state index is 3.95. The fourth-order valence-electron chi connectivity index (χ4n) is 12.3. The summed E-state index contributed by atoms with van der Waals surface area (Å²) >= 11 is 19.8. The molecule has 0 atom stereocenters. The third kappa shape index (κ3) is 8.83. The molecule has 0 amide bonds. The van der Waals surface area contributed by atoms with Gasteiger partial charge >= 0.3 is 0 Å². The SMILES string of the molecule is Brc1cc2cc3sc(-c4ccccc4)cc3cc2cc1-c1sc2cc3cc4sc(-c5ccccc5)cc4cc3cc2c1I.c1ccc(-c2cc3cc4cc5c(cc4cc3s2)sc2c3cc4cc6cc(-c7ccccc7)sc6cc4cc3sc52)cc1. The van der Waals surface area contributed by atoms with Crippen molar-refractivity contribution < 1.29 is 0 Å². The van der Waals surface area contributed by atoms with Crippen LogP contribution in [-0.2, 0) is 0 Å². The highest BCUT2D eigenvalue weighted by molar-refractivity contribution is 14.1. The van der Waals surface area contributed by atoms with Gasteiger partial charge in [-0.2, -0.15) is 0 Å². The summed E-state index contributed by atoms with van der Waals surface area (Å²) in [5, 5.41) is 19.8. The quantitative estimate of drug-likeness (QED) is 0.151. The van der Waals surface area contributed by atoms with Crippen LogP contribution in [0.4, 0.5) is 0 Å². The van der Waals surface area contributed by atoms with Gasteiger partial charge in [0.2, 0.25) is 0 Å². The second kappa shape index (κ2) is 20.2. The van der Waals surface area contributed by atoms with Gasteiger partial charge in [0.05, 0.1) is 14.3 Å². The van der Waals surface area contributed by atoms with E-state index in [0.717, 1.165) is 4.47 Å². The summed E-state index contributed by atoms with van der Waals surface area (Å²) in [6.45, 7) is 0. The molecule has 12 aromatic carbocycles. The largest absolute Gasteiger partial charge is 0.135 e. The van der Waals surface area contributed by atoms with Gasteiger partial charge in [0, 0.05) is 82.2 Å². The lowest BCUT2D eigenvalue weighted by Gasteiger charge is -2.07. The van der Waals surface area contributed by atoms with Crippen molar-refractivity contribution in [1.29, 1.82) is 0 Å². The van der Waals surface area contributed by atoms with E-state index < -0.39 is 0 Å². The molecule has 0 spiro atoms. The summed E-state index contributed by atoms with van der Waals surface area (Å²) < 4.78 is 14.8. The number of hydrogen-bond acceptors (Lipinski definition) is 7. The molecule has 0 aliphatic rings. The molecular formula is C76H40BrIS7. The minimum Gasteiger partial charge on any atom is -0.135 e. The summed E-state index contributed by atoms with van der Waals surface area (Å²) in [5.74, 6) is 0. The molecule has 85 heavy (non-hydrogen) atoms. The number of halogens is 2. The number of fused-ring (bicyclic) bond motifs is 14. The Bertz CT molecular complexity index is 5730. The molecule has 0 unspecified atom stereocenters. The van der Waals surface area contributed by atoms with E-state index in [2.05, 4.69) is 281 Å². The van der Waals surface area contributed by atoms with E-state index in [1.807, 2.05) is 79.4 Å². The van der Waals surface area contributed by atoms with E-state index in [1.165, 1.54) is 179 Å². The van der Waals surface area contributed by atoms with E-state index in [1.54, 1.807) is 0 Å². The van der Waals surface area contributed by atoms with E-state index in [9.17, 15) is 0 Å². The van der Waals surface area contributed by atoms with Gasteiger partial charge in [0.1, 0.15) is 0 Å². The van der Waals surface area contributed by atoms with Crippen molar-refractivity contribution >= 4 is 241 Å². The molecule has 7 heterocycles. The lowest BCUT2D eigenvalue weighted by molar-refractivity contribution is 1.70. The molecule has 0 bridgehead atoms. The smallest absolute Gasteiger partial charge is 0.0542 e. The van der Waals surface area contributed by atoms with E-state index in [-0.39, 0.29) is 0 Å². The van der Waals surface area contributed by atoms with Crippen molar-refractivity contribution in [3.63, 3.8) is 0 Å². The summed E-state index contributed by atoms with van der Waals surface area (Å²) in [6.07, 6.45) is 0. The van der Waals surface area contributed by atoms with Crippen LogP contribution < -0.4 is 0 Å². The Morgan fingerprint density at radius 1 is 0.247 bits per heavy atom. The van der Waals surface area contributed by atoms with Crippen molar-refractivity contribution in [2.75, 3.05) is 0 Å². The Kier molecular flexibility index (Phi) is 12.2. The highest BCUT2D eigenvalue weighted by Crippen LogP contribution is 2.50. The van der Waals surface area contributed by atoms with Crippen LogP contribution in [0.15, 0.2) is 247 Å². The van der Waals surface area contributed by atoms with Crippen LogP contribution in [0.3, 0.4) is 0 Å². The van der Waals surface area contributed by atoms with Crippen LogP contribution in [0, 0.1) is 3.57 Å². The molecule has 19 aromatic rings. The van der Waals surface area contributed by atoms with Crippen molar-refractivity contribution in [3.8, 4) is 52.2 Å². The number of hydrogen-bond donors (Lipinski definition) is 0. The first kappa shape index (κ1) is 51.1. The molecule has 0 N–H and O–H groups in total. The molecule has 0 saturated heterocycles. The maximum Gasteiger partial charge on any atom is 0.0542 e. The molecule has 0 nitrogen and oxygen atoms in total. The van der Waals surface area contributed by atoms with Gasteiger partial charge in [-0.3, -0.25) is 0 Å². The molecule has 19 rings (SSSR count). The zero-order valence-electron chi connectivity index (χ0n) is 44.7. The summed E-state index contributed by atoms with van der Waals surface area (Å²) in [6, 6.07) is 90.3. The molecule has 7 aromatic heterocycles. The fraction of sp³-hybridized carbons (Fsp3) is 0. The summed E-state index contributed by atoms with van der Waals surface area (Å²) in [7, 11) is 0. The lowest BCUT2D eigenvalue weighted by atomic mass is 10.0. The predicted molar refractivity (Wildman–Crippen MR) is 396 cm³/mol. The van der Waals surface area contributed by atoms with E-state index in [0.29, 0.717) is 0 Å². The van der Waals surface area contributed by atoms with Crippen molar-refractivity contribution in [2.24, 2.45) is 0 Å². The van der Waals surface area contributed by atoms with Crippen molar-refractivity contribution in [2.45, 2.75) is 0 Å². The Morgan fingerprint density at radius 2 is 0.541 bits per heavy atom. The number of rotatable bonds is 5. The van der Waals surface area contributed by atoms with Gasteiger partial charge in [-0.05, 0) is 231 Å². The average Bonchev–Trinajstić information content (AvgIpc) is 2.37. The monoisotopic (exact) mass is 1380 g/mol. The Balaban J connectivity index is 0.000000129. The maximum atomic E-state index is 3.95. The van der Waals surface area contributed by atoms with Crippen LogP contribution in [0.25, 0.3) is 175 Å². The first-order valence-corrected chi connectivity index (χ1v) is 35.5. The van der Waals surface area contributed by atoms with Crippen LogP contribution in [0.1, 0.15) is 0 Å². The zero-order valence-corrected chi connectivity index (χ0v) is 54.2. The van der Waals surface area contributed by atoms with E-state index >= 15 is 0 Å². The first-order valence-electron chi connectivity index (χ1n) is 27.9. The standard InChI is InChI=1S/C38H20BrIS3.C38H20S4/c39-31-15-25-16-34-27(19-32(41-34)21-7-3-1-4-8-21)11-23(25)13-29(31)38-37(40)30-14-24-12-28-20-33(22-9-5-2-6-10-22)42-35(28)17-26(24)18-36(30)43-38;1-3-7-21(8-4-1)31-19-27-11-23-13-29-35(17-25(23)15-33(27)39-31)41-38-30-14-24-12-28-20-32(22-9-5-2-6-10-22)40-34(28)16-26(24)18-36(30)42-37(29)38/h1-20H;1-20H. The van der Waals surface area contributed by atoms with Crippen molar-refractivity contribution in [1.82, 2.24) is 0 Å². The Labute approximate surface area is 538 Å². The lowest BCUT2D eigenvalue weighted by Crippen LogP contribution is -1.82. The fourth-order valence-corrected chi connectivity index (χ4v) is 22.5. The first-order chi connectivity index (χ1) is 41.8. The average molecular weight is 1380 g/mol. The Hall–Kier alpha value is -7.13. The van der Waals surface area contributed by atoms with Crippen LogP contribution in [-0.4, -0.2) is 0 Å². The summed E-state index contributed by atoms with van der Waals surface area (Å²) in [4.78, 5) is 6.62. The van der Waals surface area contributed by atoms with Gasteiger partial charge in [0.25, 0.3) is 0 Å². The van der Waals surface area contributed by atoms with Crippen LogP contribution in [0.5, 0.6) is 0 Å². The van der Waals surface area contributed by atoms with Gasteiger partial charge in [-0.25, -0.2) is 0 Å². The predicted octanol–water partition coefficient (Wildman–Crippen LogP) is 27.3. The van der Waals surface area contributed by atoms with Gasteiger partial charge in [-0.15, -0.1) is 79.4 Å². The summed E-state index contributed by atoms with van der Waals surface area (Å²) in [5.41, 5.74) is 6.40. The second-order valence-corrected chi connectivity index (χ2v) is 31.3. The topological polar surface area (TPSA) is 0 Å². The van der Waals surface area contributed by atoms with Gasteiger partial charge in [-0.1, -0.05) is 137 Å². The van der Waals surface area contributed by atoms with Gasteiger partial charge < -0.3 is 0 Å². The number of benzene rings is 12. The molecular weight excluding hydrogens is 1340 g/mol. The molecule has 400 valence electrons. The molecule has 0 aliphatic heterocycles. The third-order valence-electron chi connectivity index (χ3n) is 16.5. The normalized spacial score (nSPS) is 12.1. The van der Waals surface area contributed by atoms with E-state index in [4.69, 9.17) is 0 Å². The second-order valence-electron chi connectivity index (χ2n) is 21.8. The Morgan fingerprint density at radius 3 is 0.906 bits per heavy atom. The zero-order chi connectivity index (χ0) is 56.0. The number of thiophene rings is 7. The van der Waals surface area contributed by atoms with Gasteiger partial charge in [0.15, 0.2) is 0 Å². The minimum absolute atomic E-state index is 1.14. The minimum atomic E-state index is 1.14.